The maximum atomic E-state index is 12.0. The van der Waals surface area contributed by atoms with Crippen LogP contribution in [0.5, 0.6) is 0 Å². The van der Waals surface area contributed by atoms with Crippen molar-refractivity contribution < 1.29 is 14.6 Å². The highest BCUT2D eigenvalue weighted by Crippen LogP contribution is 2.39. The molecule has 5 heteroatoms. The molecule has 120 valence electrons. The third-order valence-electron chi connectivity index (χ3n) is 3.87. The number of likely N-dealkylation sites (tertiary alicyclic amines) is 1. The van der Waals surface area contributed by atoms with E-state index >= 15 is 0 Å². The number of ether oxygens (including phenoxy) is 1. The van der Waals surface area contributed by atoms with E-state index in [0.717, 1.165) is 38.8 Å². The summed E-state index contributed by atoms with van der Waals surface area (Å²) in [6.45, 7) is 7.45. The third-order valence-corrected chi connectivity index (χ3v) is 5.45. The molecule has 0 radical (unpaired) electrons. The van der Waals surface area contributed by atoms with Crippen molar-refractivity contribution in [1.82, 2.24) is 4.90 Å². The van der Waals surface area contributed by atoms with Crippen molar-refractivity contribution in [2.24, 2.45) is 0 Å². The lowest BCUT2D eigenvalue weighted by Gasteiger charge is -2.33. The predicted octanol–water partition coefficient (Wildman–Crippen LogP) is 3.55. The van der Waals surface area contributed by atoms with E-state index in [1.807, 2.05) is 37.4 Å². The molecule has 0 aromatic heterocycles. The fourth-order valence-electron chi connectivity index (χ4n) is 2.77. The lowest BCUT2D eigenvalue weighted by Crippen LogP contribution is -2.42. The second kappa shape index (κ2) is 7.05. The number of amides is 1. The minimum Gasteiger partial charge on any atom is -0.444 e. The summed E-state index contributed by atoms with van der Waals surface area (Å²) in [5.41, 5.74) is 0.808. The van der Waals surface area contributed by atoms with Crippen LogP contribution in [0.2, 0.25) is 0 Å². The molecule has 21 heavy (non-hydrogen) atoms. The summed E-state index contributed by atoms with van der Waals surface area (Å²) in [6.07, 6.45) is 5.16. The molecule has 0 saturated carbocycles. The summed E-state index contributed by atoms with van der Waals surface area (Å²) in [5, 5.41) is 9.92. The summed E-state index contributed by atoms with van der Waals surface area (Å²) in [7, 11) is 0. The van der Waals surface area contributed by atoms with Gasteiger partial charge >= 0.3 is 6.09 Å². The maximum Gasteiger partial charge on any atom is 0.410 e. The van der Waals surface area contributed by atoms with E-state index in [0.29, 0.717) is 5.25 Å². The van der Waals surface area contributed by atoms with Crippen LogP contribution in [0.4, 0.5) is 4.79 Å². The van der Waals surface area contributed by atoms with Gasteiger partial charge < -0.3 is 14.7 Å². The van der Waals surface area contributed by atoms with Gasteiger partial charge in [-0.05, 0) is 63.4 Å². The molecule has 1 N–H and O–H groups in total. The van der Waals surface area contributed by atoms with Gasteiger partial charge in [0.15, 0.2) is 0 Å². The molecule has 1 aliphatic heterocycles. The van der Waals surface area contributed by atoms with E-state index in [1.54, 1.807) is 0 Å². The second-order valence-electron chi connectivity index (χ2n) is 6.82. The van der Waals surface area contributed by atoms with Gasteiger partial charge in [-0.2, -0.15) is 0 Å². The Balaban J connectivity index is 1.79. The van der Waals surface area contributed by atoms with Crippen LogP contribution in [0.15, 0.2) is 10.5 Å². The predicted molar refractivity (Wildman–Crippen MR) is 86.4 cm³/mol. The first-order valence-electron chi connectivity index (χ1n) is 7.85. The molecule has 2 rings (SSSR count). The average molecular weight is 313 g/mol. The molecule has 0 bridgehead atoms. The number of aliphatic hydroxyl groups is 1. The molecule has 0 aromatic carbocycles. The van der Waals surface area contributed by atoms with Crippen molar-refractivity contribution in [3.8, 4) is 0 Å². The third kappa shape index (κ3) is 4.92. The van der Waals surface area contributed by atoms with E-state index < -0.39 is 5.60 Å². The van der Waals surface area contributed by atoms with Crippen LogP contribution in [0.25, 0.3) is 0 Å². The first-order valence-corrected chi connectivity index (χ1v) is 8.73. The molecule has 2 aliphatic rings. The largest absolute Gasteiger partial charge is 0.444 e. The van der Waals surface area contributed by atoms with Gasteiger partial charge in [0.1, 0.15) is 5.60 Å². The number of aliphatic hydroxyl groups excluding tert-OH is 1. The van der Waals surface area contributed by atoms with Crippen LogP contribution in [0.3, 0.4) is 0 Å². The lowest BCUT2D eigenvalue weighted by molar-refractivity contribution is 0.0219. The summed E-state index contributed by atoms with van der Waals surface area (Å²) in [4.78, 5) is 15.2. The van der Waals surface area contributed by atoms with E-state index in [9.17, 15) is 9.90 Å². The Bertz CT molecular complexity index is 406. The van der Waals surface area contributed by atoms with Gasteiger partial charge in [-0.3, -0.25) is 0 Å². The van der Waals surface area contributed by atoms with Crippen LogP contribution in [-0.4, -0.2) is 46.6 Å². The summed E-state index contributed by atoms with van der Waals surface area (Å²) in [5.74, 6) is 0. The van der Waals surface area contributed by atoms with Gasteiger partial charge in [-0.1, -0.05) is 0 Å². The molecule has 4 nitrogen and oxygen atoms in total. The van der Waals surface area contributed by atoms with E-state index in [2.05, 4.69) is 0 Å². The SMILES string of the molecule is CC(C)(C)OC(=O)N1CCC(SC2=C(CO)CCC2)CC1. The highest BCUT2D eigenvalue weighted by Gasteiger charge is 2.28. The molecular formula is C16H27NO3S. The summed E-state index contributed by atoms with van der Waals surface area (Å²) in [6, 6.07) is 0. The zero-order valence-corrected chi connectivity index (χ0v) is 14.2. The number of nitrogens with zero attached hydrogens (tertiary/aromatic N) is 1. The van der Waals surface area contributed by atoms with Crippen molar-refractivity contribution in [3.05, 3.63) is 10.5 Å². The molecule has 0 unspecified atom stereocenters. The van der Waals surface area contributed by atoms with E-state index in [1.165, 1.54) is 16.9 Å². The maximum absolute atomic E-state index is 12.0. The Kier molecular flexibility index (Phi) is 5.60. The van der Waals surface area contributed by atoms with Gasteiger partial charge in [0.2, 0.25) is 0 Å². The Morgan fingerprint density at radius 1 is 1.33 bits per heavy atom. The molecule has 1 saturated heterocycles. The molecule has 1 heterocycles. The fraction of sp³-hybridized carbons (Fsp3) is 0.812. The summed E-state index contributed by atoms with van der Waals surface area (Å²) >= 11 is 1.93. The molecule has 0 atom stereocenters. The van der Waals surface area contributed by atoms with Crippen molar-refractivity contribution >= 4 is 17.9 Å². The van der Waals surface area contributed by atoms with Gasteiger partial charge in [0, 0.05) is 18.3 Å². The quantitative estimate of drug-likeness (QED) is 0.865. The van der Waals surface area contributed by atoms with Crippen LogP contribution in [0, 0.1) is 0 Å². The van der Waals surface area contributed by atoms with Crippen molar-refractivity contribution in [3.63, 3.8) is 0 Å². The highest BCUT2D eigenvalue weighted by atomic mass is 32.2. The molecular weight excluding hydrogens is 286 g/mol. The number of piperidine rings is 1. The number of hydrogen-bond donors (Lipinski definition) is 1. The number of thioether (sulfide) groups is 1. The van der Waals surface area contributed by atoms with Crippen LogP contribution in [0.1, 0.15) is 52.9 Å². The first-order chi connectivity index (χ1) is 9.89. The van der Waals surface area contributed by atoms with E-state index in [-0.39, 0.29) is 12.7 Å². The zero-order chi connectivity index (χ0) is 15.5. The average Bonchev–Trinajstić information content (AvgIpc) is 2.85. The molecule has 1 amide bonds. The highest BCUT2D eigenvalue weighted by molar-refractivity contribution is 8.03. The van der Waals surface area contributed by atoms with Crippen LogP contribution < -0.4 is 0 Å². The molecule has 0 aromatic rings. The summed E-state index contributed by atoms with van der Waals surface area (Å²) < 4.78 is 5.42. The minimum atomic E-state index is -0.423. The monoisotopic (exact) mass is 313 g/mol. The van der Waals surface area contributed by atoms with Crippen molar-refractivity contribution in [2.75, 3.05) is 19.7 Å². The molecule has 1 fully saturated rings. The number of carbonyl (C=O) groups excluding carboxylic acids is 1. The van der Waals surface area contributed by atoms with Crippen LogP contribution >= 0.6 is 11.8 Å². The Morgan fingerprint density at radius 2 is 2.00 bits per heavy atom. The lowest BCUT2D eigenvalue weighted by atomic mass is 10.1. The topological polar surface area (TPSA) is 49.8 Å². The smallest absolute Gasteiger partial charge is 0.410 e. The normalized spacial score (nSPS) is 21.0. The first kappa shape index (κ1) is 16.7. The minimum absolute atomic E-state index is 0.193. The van der Waals surface area contributed by atoms with Gasteiger partial charge in [0.25, 0.3) is 0 Å². The number of rotatable bonds is 3. The fourth-order valence-corrected chi connectivity index (χ4v) is 4.22. The van der Waals surface area contributed by atoms with Crippen molar-refractivity contribution in [1.29, 1.82) is 0 Å². The number of allylic oxidation sites excluding steroid dienone is 1. The number of hydrogen-bond acceptors (Lipinski definition) is 4. The van der Waals surface area contributed by atoms with Gasteiger partial charge in [-0.15, -0.1) is 11.8 Å². The Labute approximate surface area is 131 Å². The number of carbonyl (C=O) groups is 1. The Morgan fingerprint density at radius 3 is 2.57 bits per heavy atom. The van der Waals surface area contributed by atoms with Crippen LogP contribution in [-0.2, 0) is 4.74 Å². The molecule has 1 aliphatic carbocycles. The van der Waals surface area contributed by atoms with Gasteiger partial charge in [-0.25, -0.2) is 4.79 Å². The molecule has 0 spiro atoms. The second-order valence-corrected chi connectivity index (χ2v) is 8.22. The standard InChI is InChI=1S/C16H27NO3S/c1-16(2,3)20-15(19)17-9-7-13(8-10-17)21-14-6-4-5-12(14)11-18/h13,18H,4-11H2,1-3H3. The van der Waals surface area contributed by atoms with Crippen molar-refractivity contribution in [2.45, 2.75) is 63.7 Å². The van der Waals surface area contributed by atoms with Gasteiger partial charge in [0.05, 0.1) is 6.61 Å². The zero-order valence-electron chi connectivity index (χ0n) is 13.4. The Hall–Kier alpha value is -0.680. The van der Waals surface area contributed by atoms with E-state index in [4.69, 9.17) is 4.74 Å².